The molecule has 0 radical (unpaired) electrons. The Morgan fingerprint density at radius 1 is 1.12 bits per heavy atom. The molecule has 1 saturated heterocycles. The number of nitrogens with zero attached hydrogens (tertiary/aromatic N) is 2. The van der Waals surface area contributed by atoms with Gasteiger partial charge in [0, 0.05) is 19.0 Å². The molecule has 1 atom stereocenters. The fourth-order valence-corrected chi connectivity index (χ4v) is 3.66. The van der Waals surface area contributed by atoms with Crippen molar-refractivity contribution in [3.05, 3.63) is 35.2 Å². The SMILES string of the molecule is CCCc1cc([C@@H]2CCCN2Cc2cc(OC)c(OC)c(OC)c2)no1. The summed E-state index contributed by atoms with van der Waals surface area (Å²) in [6, 6.07) is 6.44. The van der Waals surface area contributed by atoms with Gasteiger partial charge in [-0.15, -0.1) is 0 Å². The van der Waals surface area contributed by atoms with Gasteiger partial charge >= 0.3 is 0 Å². The number of ether oxygens (including phenoxy) is 3. The zero-order valence-electron chi connectivity index (χ0n) is 16.1. The van der Waals surface area contributed by atoms with Crippen LogP contribution in [0.5, 0.6) is 17.2 Å². The van der Waals surface area contributed by atoms with Crippen LogP contribution in [-0.2, 0) is 13.0 Å². The summed E-state index contributed by atoms with van der Waals surface area (Å²) in [7, 11) is 4.91. The van der Waals surface area contributed by atoms with Gasteiger partial charge in [-0.05, 0) is 43.5 Å². The zero-order valence-corrected chi connectivity index (χ0v) is 16.1. The number of aromatic nitrogens is 1. The molecule has 1 aromatic heterocycles. The maximum Gasteiger partial charge on any atom is 0.203 e. The minimum Gasteiger partial charge on any atom is -0.493 e. The number of benzene rings is 1. The lowest BCUT2D eigenvalue weighted by Gasteiger charge is -2.23. The highest BCUT2D eigenvalue weighted by Gasteiger charge is 2.29. The van der Waals surface area contributed by atoms with Gasteiger partial charge in [0.05, 0.1) is 27.4 Å². The van der Waals surface area contributed by atoms with E-state index < -0.39 is 0 Å². The van der Waals surface area contributed by atoms with Gasteiger partial charge in [0.15, 0.2) is 11.5 Å². The maximum atomic E-state index is 5.49. The largest absolute Gasteiger partial charge is 0.493 e. The van der Waals surface area contributed by atoms with Crippen LogP contribution in [0.4, 0.5) is 0 Å². The second kappa shape index (κ2) is 8.45. The van der Waals surface area contributed by atoms with Crippen LogP contribution in [0.3, 0.4) is 0 Å². The molecule has 0 amide bonds. The second-order valence-electron chi connectivity index (χ2n) is 6.63. The number of hydrogen-bond acceptors (Lipinski definition) is 6. The summed E-state index contributed by atoms with van der Waals surface area (Å²) in [5.41, 5.74) is 2.17. The Kier molecular flexibility index (Phi) is 6.04. The molecule has 0 spiro atoms. The van der Waals surface area contributed by atoms with E-state index in [1.54, 1.807) is 21.3 Å². The van der Waals surface area contributed by atoms with E-state index in [9.17, 15) is 0 Å². The molecule has 0 unspecified atom stereocenters. The predicted molar refractivity (Wildman–Crippen MR) is 99.0 cm³/mol. The van der Waals surface area contributed by atoms with Gasteiger partial charge in [0.1, 0.15) is 11.5 Å². The molecular weight excluding hydrogens is 332 g/mol. The van der Waals surface area contributed by atoms with Gasteiger partial charge in [-0.1, -0.05) is 12.1 Å². The fraction of sp³-hybridized carbons (Fsp3) is 0.550. The Morgan fingerprint density at radius 2 is 1.85 bits per heavy atom. The lowest BCUT2D eigenvalue weighted by atomic mass is 10.1. The van der Waals surface area contributed by atoms with Gasteiger partial charge in [0.2, 0.25) is 5.75 Å². The lowest BCUT2D eigenvalue weighted by Crippen LogP contribution is -2.23. The van der Waals surface area contributed by atoms with Crippen molar-refractivity contribution in [1.82, 2.24) is 10.1 Å². The molecule has 1 aromatic carbocycles. The molecule has 6 nitrogen and oxygen atoms in total. The van der Waals surface area contributed by atoms with Crippen LogP contribution in [-0.4, -0.2) is 37.9 Å². The average molecular weight is 360 g/mol. The summed E-state index contributed by atoms with van der Waals surface area (Å²) in [4.78, 5) is 2.44. The van der Waals surface area contributed by atoms with Gasteiger partial charge in [0.25, 0.3) is 0 Å². The molecule has 1 aliphatic rings. The topological polar surface area (TPSA) is 57.0 Å². The highest BCUT2D eigenvalue weighted by molar-refractivity contribution is 5.53. The highest BCUT2D eigenvalue weighted by Crippen LogP contribution is 2.40. The minimum atomic E-state index is 0.295. The molecule has 1 fully saturated rings. The lowest BCUT2D eigenvalue weighted by molar-refractivity contribution is 0.235. The van der Waals surface area contributed by atoms with Crippen molar-refractivity contribution in [3.63, 3.8) is 0 Å². The summed E-state index contributed by atoms with van der Waals surface area (Å²) in [5.74, 6) is 2.97. The van der Waals surface area contributed by atoms with E-state index >= 15 is 0 Å². The Hall–Kier alpha value is -2.21. The summed E-state index contributed by atoms with van der Waals surface area (Å²) in [5, 5.41) is 4.32. The monoisotopic (exact) mass is 360 g/mol. The Balaban J connectivity index is 1.80. The molecule has 142 valence electrons. The van der Waals surface area contributed by atoms with Crippen LogP contribution >= 0.6 is 0 Å². The molecule has 2 heterocycles. The Morgan fingerprint density at radius 3 is 2.46 bits per heavy atom. The van der Waals surface area contributed by atoms with Gasteiger partial charge in [-0.2, -0.15) is 0 Å². The smallest absolute Gasteiger partial charge is 0.203 e. The maximum absolute atomic E-state index is 5.49. The summed E-state index contributed by atoms with van der Waals surface area (Å²) in [6.45, 7) is 3.99. The number of rotatable bonds is 8. The molecule has 6 heteroatoms. The van der Waals surface area contributed by atoms with Crippen LogP contribution in [0.2, 0.25) is 0 Å². The van der Waals surface area contributed by atoms with Crippen molar-refractivity contribution < 1.29 is 18.7 Å². The van der Waals surface area contributed by atoms with Gasteiger partial charge < -0.3 is 18.7 Å². The quantitative estimate of drug-likeness (QED) is 0.709. The van der Waals surface area contributed by atoms with E-state index in [0.717, 1.165) is 55.8 Å². The highest BCUT2D eigenvalue weighted by atomic mass is 16.5. The molecule has 26 heavy (non-hydrogen) atoms. The van der Waals surface area contributed by atoms with E-state index in [4.69, 9.17) is 18.7 Å². The summed E-state index contributed by atoms with van der Waals surface area (Å²) >= 11 is 0. The van der Waals surface area contributed by atoms with Crippen molar-refractivity contribution in [2.24, 2.45) is 0 Å². The first-order valence-corrected chi connectivity index (χ1v) is 9.18. The number of methoxy groups -OCH3 is 3. The van der Waals surface area contributed by atoms with E-state index in [2.05, 4.69) is 23.0 Å². The first-order valence-electron chi connectivity index (χ1n) is 9.18. The molecule has 0 N–H and O–H groups in total. The molecule has 0 bridgehead atoms. The van der Waals surface area contributed by atoms with E-state index in [0.29, 0.717) is 23.3 Å². The first-order chi connectivity index (χ1) is 12.7. The normalized spacial score (nSPS) is 17.5. The molecule has 1 aliphatic heterocycles. The van der Waals surface area contributed by atoms with Crippen LogP contribution in [0, 0.1) is 0 Å². The second-order valence-corrected chi connectivity index (χ2v) is 6.63. The van der Waals surface area contributed by atoms with Crippen LogP contribution in [0.15, 0.2) is 22.7 Å². The Bertz CT molecular complexity index is 703. The van der Waals surface area contributed by atoms with Gasteiger partial charge in [-0.25, -0.2) is 0 Å². The minimum absolute atomic E-state index is 0.295. The number of aryl methyl sites for hydroxylation is 1. The first kappa shape index (κ1) is 18.6. The number of hydrogen-bond donors (Lipinski definition) is 0. The van der Waals surface area contributed by atoms with Crippen molar-refractivity contribution >= 4 is 0 Å². The molecular formula is C20H28N2O4. The van der Waals surface area contributed by atoms with E-state index in [-0.39, 0.29) is 0 Å². The summed E-state index contributed by atoms with van der Waals surface area (Å²) < 4.78 is 21.8. The van der Waals surface area contributed by atoms with E-state index in [1.165, 1.54) is 0 Å². The van der Waals surface area contributed by atoms with E-state index in [1.807, 2.05) is 12.1 Å². The Labute approximate surface area is 155 Å². The zero-order chi connectivity index (χ0) is 18.5. The van der Waals surface area contributed by atoms with Crippen LogP contribution < -0.4 is 14.2 Å². The van der Waals surface area contributed by atoms with Crippen molar-refractivity contribution in [2.75, 3.05) is 27.9 Å². The standard InChI is InChI=1S/C20H28N2O4/c1-5-7-15-12-16(21-26-15)17-8-6-9-22(17)13-14-10-18(23-2)20(25-4)19(11-14)24-3/h10-12,17H,5-9,13H2,1-4H3/t17-/m0/s1. The van der Waals surface area contributed by atoms with Crippen molar-refractivity contribution in [1.29, 1.82) is 0 Å². The molecule has 0 aliphatic carbocycles. The fourth-order valence-electron chi connectivity index (χ4n) is 3.66. The predicted octanol–water partition coefficient (Wildman–Crippen LogP) is 3.99. The average Bonchev–Trinajstić information content (AvgIpc) is 3.30. The van der Waals surface area contributed by atoms with Crippen LogP contribution in [0.1, 0.15) is 49.2 Å². The summed E-state index contributed by atoms with van der Waals surface area (Å²) in [6.07, 6.45) is 4.26. The molecule has 3 rings (SSSR count). The third-order valence-corrected chi connectivity index (χ3v) is 4.89. The molecule has 2 aromatic rings. The van der Waals surface area contributed by atoms with Crippen molar-refractivity contribution in [3.8, 4) is 17.2 Å². The van der Waals surface area contributed by atoms with Crippen LogP contribution in [0.25, 0.3) is 0 Å². The van der Waals surface area contributed by atoms with Gasteiger partial charge in [-0.3, -0.25) is 4.90 Å². The van der Waals surface area contributed by atoms with Crippen molar-refractivity contribution in [2.45, 2.75) is 45.2 Å². The molecule has 0 saturated carbocycles. The third kappa shape index (κ3) is 3.80. The third-order valence-electron chi connectivity index (χ3n) is 4.89. The number of likely N-dealkylation sites (tertiary alicyclic amines) is 1.